The first-order valence-electron chi connectivity index (χ1n) is 5.27. The van der Waals surface area contributed by atoms with Crippen molar-refractivity contribution in [2.45, 2.75) is 33.2 Å². The molecule has 0 aromatic carbocycles. The second kappa shape index (κ2) is 4.82. The van der Waals surface area contributed by atoms with Crippen molar-refractivity contribution >= 4 is 11.8 Å². The van der Waals surface area contributed by atoms with E-state index in [2.05, 4.69) is 5.32 Å². The van der Waals surface area contributed by atoms with Gasteiger partial charge < -0.3 is 16.0 Å². The van der Waals surface area contributed by atoms with Gasteiger partial charge in [-0.2, -0.15) is 0 Å². The van der Waals surface area contributed by atoms with E-state index in [0.29, 0.717) is 0 Å². The molecule has 94 valence electrons. The first-order valence-corrected chi connectivity index (χ1v) is 5.27. The summed E-state index contributed by atoms with van der Waals surface area (Å²) in [5.41, 5.74) is 4.56. The van der Waals surface area contributed by atoms with Gasteiger partial charge in [0.15, 0.2) is 0 Å². The molecule has 0 radical (unpaired) electrons. The normalized spacial score (nSPS) is 12.2. The van der Waals surface area contributed by atoms with Crippen molar-refractivity contribution in [2.75, 3.05) is 20.6 Å². The highest BCUT2D eigenvalue weighted by Gasteiger charge is 2.40. The summed E-state index contributed by atoms with van der Waals surface area (Å²) < 4.78 is 0. The van der Waals surface area contributed by atoms with E-state index >= 15 is 0 Å². The van der Waals surface area contributed by atoms with Gasteiger partial charge in [0.2, 0.25) is 11.8 Å². The standard InChI is InChI=1S/C11H23N3O2/c1-10(2,11(3,4)12)9(16)13-7-8(15)14(5)6/h7,12H2,1-6H3,(H,13,16). The summed E-state index contributed by atoms with van der Waals surface area (Å²) in [6.07, 6.45) is 0. The summed E-state index contributed by atoms with van der Waals surface area (Å²) in [5.74, 6) is -0.353. The molecule has 0 atom stereocenters. The van der Waals surface area contributed by atoms with E-state index in [1.54, 1.807) is 41.8 Å². The second-order valence-electron chi connectivity index (χ2n) is 5.32. The zero-order valence-electron chi connectivity index (χ0n) is 11.0. The van der Waals surface area contributed by atoms with Crippen LogP contribution in [0.4, 0.5) is 0 Å². The maximum atomic E-state index is 11.9. The van der Waals surface area contributed by atoms with Gasteiger partial charge in [0.25, 0.3) is 0 Å². The van der Waals surface area contributed by atoms with Crippen LogP contribution in [0, 0.1) is 5.41 Å². The Morgan fingerprint density at radius 1 is 1.19 bits per heavy atom. The highest BCUT2D eigenvalue weighted by atomic mass is 16.2. The number of amides is 2. The first kappa shape index (κ1) is 14.9. The highest BCUT2D eigenvalue weighted by molar-refractivity contribution is 5.88. The molecule has 5 heteroatoms. The van der Waals surface area contributed by atoms with Crippen molar-refractivity contribution in [2.24, 2.45) is 11.1 Å². The van der Waals surface area contributed by atoms with Crippen molar-refractivity contribution in [3.63, 3.8) is 0 Å². The van der Waals surface area contributed by atoms with Gasteiger partial charge in [-0.1, -0.05) is 0 Å². The van der Waals surface area contributed by atoms with Crippen LogP contribution in [-0.4, -0.2) is 42.9 Å². The minimum absolute atomic E-state index is 0.00530. The molecule has 0 fully saturated rings. The Hall–Kier alpha value is -1.10. The van der Waals surface area contributed by atoms with Crippen LogP contribution in [0.15, 0.2) is 0 Å². The van der Waals surface area contributed by atoms with E-state index in [-0.39, 0.29) is 18.4 Å². The number of nitrogens with zero attached hydrogens (tertiary/aromatic N) is 1. The number of rotatable bonds is 4. The zero-order chi connectivity index (χ0) is 13.1. The molecule has 0 bridgehead atoms. The number of nitrogens with two attached hydrogens (primary N) is 1. The number of carbonyl (C=O) groups excluding carboxylic acids is 2. The fourth-order valence-corrected chi connectivity index (χ4v) is 0.828. The van der Waals surface area contributed by atoms with E-state index in [9.17, 15) is 9.59 Å². The Morgan fingerprint density at radius 3 is 1.94 bits per heavy atom. The van der Waals surface area contributed by atoms with Crippen LogP contribution in [-0.2, 0) is 9.59 Å². The van der Waals surface area contributed by atoms with Crippen LogP contribution >= 0.6 is 0 Å². The van der Waals surface area contributed by atoms with E-state index < -0.39 is 11.0 Å². The molecule has 0 heterocycles. The van der Waals surface area contributed by atoms with Crippen LogP contribution in [0.25, 0.3) is 0 Å². The van der Waals surface area contributed by atoms with Crippen molar-refractivity contribution in [3.8, 4) is 0 Å². The molecule has 0 rings (SSSR count). The van der Waals surface area contributed by atoms with E-state index in [1.165, 1.54) is 4.90 Å². The molecule has 3 N–H and O–H groups in total. The third-order valence-corrected chi connectivity index (χ3v) is 3.08. The zero-order valence-corrected chi connectivity index (χ0v) is 11.0. The highest BCUT2D eigenvalue weighted by Crippen LogP contribution is 2.28. The predicted molar refractivity (Wildman–Crippen MR) is 63.8 cm³/mol. The van der Waals surface area contributed by atoms with Gasteiger partial charge in [-0.25, -0.2) is 0 Å². The smallest absolute Gasteiger partial charge is 0.241 e. The van der Waals surface area contributed by atoms with Gasteiger partial charge in [-0.3, -0.25) is 9.59 Å². The molecule has 16 heavy (non-hydrogen) atoms. The van der Waals surface area contributed by atoms with Crippen molar-refractivity contribution < 1.29 is 9.59 Å². The van der Waals surface area contributed by atoms with Gasteiger partial charge >= 0.3 is 0 Å². The molecule has 0 aromatic rings. The lowest BCUT2D eigenvalue weighted by molar-refractivity contribution is -0.136. The average Bonchev–Trinajstić information content (AvgIpc) is 2.11. The summed E-state index contributed by atoms with van der Waals surface area (Å²) in [4.78, 5) is 24.6. The van der Waals surface area contributed by atoms with Crippen LogP contribution < -0.4 is 11.1 Å². The monoisotopic (exact) mass is 229 g/mol. The van der Waals surface area contributed by atoms with Gasteiger partial charge in [0.05, 0.1) is 12.0 Å². The van der Waals surface area contributed by atoms with Gasteiger partial charge in [0, 0.05) is 19.6 Å². The number of carbonyl (C=O) groups is 2. The number of likely N-dealkylation sites (N-methyl/N-ethyl adjacent to an activating group) is 1. The van der Waals surface area contributed by atoms with E-state index in [1.807, 2.05) is 0 Å². The van der Waals surface area contributed by atoms with Gasteiger partial charge in [-0.15, -0.1) is 0 Å². The maximum Gasteiger partial charge on any atom is 0.241 e. The molecule has 5 nitrogen and oxygen atoms in total. The SMILES string of the molecule is CN(C)C(=O)CNC(=O)C(C)(C)C(C)(C)N. The molecule has 0 aliphatic carbocycles. The Morgan fingerprint density at radius 2 is 1.62 bits per heavy atom. The van der Waals surface area contributed by atoms with Crippen LogP contribution in [0.3, 0.4) is 0 Å². The number of hydrogen-bond donors (Lipinski definition) is 2. The molecule has 0 saturated carbocycles. The minimum atomic E-state index is -0.723. The Kier molecular flexibility index (Phi) is 4.49. The maximum absolute atomic E-state index is 11.9. The predicted octanol–water partition coefficient (Wildman–Crippen LogP) is -0.0457. The van der Waals surface area contributed by atoms with Crippen LogP contribution in [0.5, 0.6) is 0 Å². The fraction of sp³-hybridized carbons (Fsp3) is 0.818. The number of hydrogen-bond acceptors (Lipinski definition) is 3. The van der Waals surface area contributed by atoms with Gasteiger partial charge in [0.1, 0.15) is 0 Å². The van der Waals surface area contributed by atoms with Gasteiger partial charge in [-0.05, 0) is 27.7 Å². The second-order valence-corrected chi connectivity index (χ2v) is 5.32. The van der Waals surface area contributed by atoms with Crippen molar-refractivity contribution in [1.82, 2.24) is 10.2 Å². The molecule has 0 spiro atoms. The summed E-state index contributed by atoms with van der Waals surface area (Å²) >= 11 is 0. The molecule has 2 amide bonds. The molecular weight excluding hydrogens is 206 g/mol. The topological polar surface area (TPSA) is 75.4 Å². The van der Waals surface area contributed by atoms with E-state index in [0.717, 1.165) is 0 Å². The molecule has 0 aliphatic heterocycles. The first-order chi connectivity index (χ1) is 7.00. The average molecular weight is 229 g/mol. The van der Waals surface area contributed by atoms with Crippen molar-refractivity contribution in [1.29, 1.82) is 0 Å². The molecule has 0 saturated heterocycles. The van der Waals surface area contributed by atoms with Crippen LogP contribution in [0.2, 0.25) is 0 Å². The Balaban J connectivity index is 4.44. The van der Waals surface area contributed by atoms with Crippen molar-refractivity contribution in [3.05, 3.63) is 0 Å². The third kappa shape index (κ3) is 3.48. The van der Waals surface area contributed by atoms with Crippen LogP contribution in [0.1, 0.15) is 27.7 Å². The Bertz CT molecular complexity index is 277. The third-order valence-electron chi connectivity index (χ3n) is 3.08. The summed E-state index contributed by atoms with van der Waals surface area (Å²) in [5, 5.41) is 2.60. The fourth-order valence-electron chi connectivity index (χ4n) is 0.828. The minimum Gasteiger partial charge on any atom is -0.347 e. The quantitative estimate of drug-likeness (QED) is 0.710. The summed E-state index contributed by atoms with van der Waals surface area (Å²) in [7, 11) is 3.29. The summed E-state index contributed by atoms with van der Waals surface area (Å²) in [6.45, 7) is 7.12. The molecule has 0 aromatic heterocycles. The Labute approximate surface area is 97.4 Å². The molecule has 0 aliphatic rings. The lowest BCUT2D eigenvalue weighted by Crippen LogP contribution is -2.56. The lowest BCUT2D eigenvalue weighted by atomic mass is 9.74. The number of nitrogens with one attached hydrogen (secondary N) is 1. The summed E-state index contributed by atoms with van der Waals surface area (Å²) in [6, 6.07) is 0. The van der Waals surface area contributed by atoms with E-state index in [4.69, 9.17) is 5.73 Å². The molecular formula is C11H23N3O2. The lowest BCUT2D eigenvalue weighted by Gasteiger charge is -2.36. The largest absolute Gasteiger partial charge is 0.347 e. The molecule has 0 unspecified atom stereocenters.